The normalized spacial score (nSPS) is 21.5. The van der Waals surface area contributed by atoms with Gasteiger partial charge >= 0.3 is 0 Å². The second-order valence-electron chi connectivity index (χ2n) is 4.81. The second kappa shape index (κ2) is 4.34. The van der Waals surface area contributed by atoms with Gasteiger partial charge in [-0.2, -0.15) is 0 Å². The van der Waals surface area contributed by atoms with E-state index in [2.05, 4.69) is 31.6 Å². The standard InChI is InChI=1S/C12H9BrF2N4O/c1-12(7-2-6(13)3-8(14)10(7)15)5-19-9(4-16-18-19)11(20)17-12/h2-4H,5H2,1H3,(H,17,20)/t12-/m0/s1. The minimum absolute atomic E-state index is 0.0545. The van der Waals surface area contributed by atoms with Crippen molar-refractivity contribution in [1.82, 2.24) is 20.3 Å². The Hall–Kier alpha value is -1.83. The number of fused-ring (bicyclic) bond motifs is 1. The van der Waals surface area contributed by atoms with Crippen molar-refractivity contribution in [3.8, 4) is 0 Å². The van der Waals surface area contributed by atoms with Gasteiger partial charge in [-0.25, -0.2) is 13.5 Å². The van der Waals surface area contributed by atoms with E-state index in [9.17, 15) is 13.6 Å². The topological polar surface area (TPSA) is 59.8 Å². The van der Waals surface area contributed by atoms with Crippen molar-refractivity contribution in [2.24, 2.45) is 0 Å². The molecule has 0 aliphatic carbocycles. The van der Waals surface area contributed by atoms with Crippen LogP contribution in [-0.2, 0) is 12.1 Å². The number of hydrogen-bond acceptors (Lipinski definition) is 3. The fourth-order valence-corrected chi connectivity index (χ4v) is 2.74. The predicted octanol–water partition coefficient (Wildman–Crippen LogP) is 1.98. The van der Waals surface area contributed by atoms with Gasteiger partial charge in [-0.1, -0.05) is 21.1 Å². The van der Waals surface area contributed by atoms with Crippen molar-refractivity contribution in [1.29, 1.82) is 0 Å². The molecular formula is C12H9BrF2N4O. The minimum Gasteiger partial charge on any atom is -0.339 e. The van der Waals surface area contributed by atoms with Crippen LogP contribution in [0.3, 0.4) is 0 Å². The van der Waals surface area contributed by atoms with E-state index in [4.69, 9.17) is 0 Å². The molecule has 1 amide bonds. The number of rotatable bonds is 1. The molecule has 2 heterocycles. The van der Waals surface area contributed by atoms with Crippen molar-refractivity contribution < 1.29 is 13.6 Å². The highest BCUT2D eigenvalue weighted by molar-refractivity contribution is 9.10. The van der Waals surface area contributed by atoms with Crippen LogP contribution in [-0.4, -0.2) is 20.9 Å². The summed E-state index contributed by atoms with van der Waals surface area (Å²) < 4.78 is 29.4. The van der Waals surface area contributed by atoms with Crippen LogP contribution in [0.5, 0.6) is 0 Å². The van der Waals surface area contributed by atoms with E-state index < -0.39 is 23.1 Å². The SMILES string of the molecule is C[C@@]1(c2cc(Br)cc(F)c2F)Cn2nncc2C(=O)N1. The monoisotopic (exact) mass is 342 g/mol. The first-order valence-electron chi connectivity index (χ1n) is 5.77. The molecule has 8 heteroatoms. The molecule has 0 spiro atoms. The smallest absolute Gasteiger partial charge is 0.271 e. The summed E-state index contributed by atoms with van der Waals surface area (Å²) in [4.78, 5) is 12.0. The summed E-state index contributed by atoms with van der Waals surface area (Å²) in [5, 5.41) is 10.1. The lowest BCUT2D eigenvalue weighted by molar-refractivity contribution is 0.0835. The molecule has 0 saturated carbocycles. The molecule has 0 bridgehead atoms. The zero-order chi connectivity index (χ0) is 14.5. The van der Waals surface area contributed by atoms with Crippen molar-refractivity contribution >= 4 is 21.8 Å². The number of amides is 1. The van der Waals surface area contributed by atoms with Crippen molar-refractivity contribution in [3.05, 3.63) is 45.7 Å². The molecule has 1 atom stereocenters. The summed E-state index contributed by atoms with van der Waals surface area (Å²) >= 11 is 3.12. The molecule has 1 aliphatic rings. The number of aromatic nitrogens is 3. The first-order chi connectivity index (χ1) is 9.40. The van der Waals surface area contributed by atoms with Crippen LogP contribution in [0.1, 0.15) is 23.0 Å². The lowest BCUT2D eigenvalue weighted by atomic mass is 9.89. The highest BCUT2D eigenvalue weighted by Gasteiger charge is 2.39. The number of hydrogen-bond donors (Lipinski definition) is 1. The summed E-state index contributed by atoms with van der Waals surface area (Å²) in [6.45, 7) is 1.78. The molecule has 1 aromatic carbocycles. The molecule has 0 unspecified atom stereocenters. The first-order valence-corrected chi connectivity index (χ1v) is 6.56. The van der Waals surface area contributed by atoms with Crippen LogP contribution in [0, 0.1) is 11.6 Å². The molecule has 1 aliphatic heterocycles. The molecule has 1 aromatic heterocycles. The fraction of sp³-hybridized carbons (Fsp3) is 0.250. The zero-order valence-electron chi connectivity index (χ0n) is 10.3. The van der Waals surface area contributed by atoms with Gasteiger partial charge in [0, 0.05) is 10.0 Å². The van der Waals surface area contributed by atoms with Crippen molar-refractivity contribution in [2.75, 3.05) is 0 Å². The van der Waals surface area contributed by atoms with Gasteiger partial charge in [0.05, 0.1) is 18.3 Å². The van der Waals surface area contributed by atoms with E-state index in [1.165, 1.54) is 16.9 Å². The molecule has 0 radical (unpaired) electrons. The Kier molecular flexibility index (Phi) is 2.86. The van der Waals surface area contributed by atoms with Gasteiger partial charge in [-0.3, -0.25) is 4.79 Å². The maximum atomic E-state index is 14.0. The zero-order valence-corrected chi connectivity index (χ0v) is 11.9. The molecule has 104 valence electrons. The molecule has 1 N–H and O–H groups in total. The van der Waals surface area contributed by atoms with Gasteiger partial charge in [0.25, 0.3) is 5.91 Å². The lowest BCUT2D eigenvalue weighted by Crippen LogP contribution is -2.52. The fourth-order valence-electron chi connectivity index (χ4n) is 2.31. The number of nitrogens with one attached hydrogen (secondary N) is 1. The Morgan fingerprint density at radius 1 is 1.45 bits per heavy atom. The number of carbonyl (C=O) groups is 1. The van der Waals surface area contributed by atoms with Crippen LogP contribution in [0.4, 0.5) is 8.78 Å². The van der Waals surface area contributed by atoms with Gasteiger partial charge in [0.15, 0.2) is 11.6 Å². The van der Waals surface area contributed by atoms with Crippen LogP contribution < -0.4 is 5.32 Å². The van der Waals surface area contributed by atoms with Crippen LogP contribution in [0.2, 0.25) is 0 Å². The van der Waals surface area contributed by atoms with Crippen LogP contribution >= 0.6 is 15.9 Å². The third-order valence-electron chi connectivity index (χ3n) is 3.29. The van der Waals surface area contributed by atoms with Crippen LogP contribution in [0.15, 0.2) is 22.8 Å². The molecule has 0 fully saturated rings. The highest BCUT2D eigenvalue weighted by atomic mass is 79.9. The first kappa shape index (κ1) is 13.2. The number of carbonyl (C=O) groups excluding carboxylic acids is 1. The van der Waals surface area contributed by atoms with Gasteiger partial charge in [0.1, 0.15) is 5.69 Å². The number of benzene rings is 1. The number of nitrogens with zero attached hydrogens (tertiary/aromatic N) is 3. The summed E-state index contributed by atoms with van der Waals surface area (Å²) in [7, 11) is 0. The third-order valence-corrected chi connectivity index (χ3v) is 3.75. The molecule has 0 saturated heterocycles. The molecule has 3 rings (SSSR count). The van der Waals surface area contributed by atoms with Crippen LogP contribution in [0.25, 0.3) is 0 Å². The van der Waals surface area contributed by atoms with Gasteiger partial charge in [-0.15, -0.1) is 5.10 Å². The predicted molar refractivity (Wildman–Crippen MR) is 68.9 cm³/mol. The molecule has 20 heavy (non-hydrogen) atoms. The van der Waals surface area contributed by atoms with E-state index in [0.29, 0.717) is 10.2 Å². The summed E-state index contributed by atoms with van der Waals surface area (Å²) in [5.41, 5.74) is -0.760. The van der Waals surface area contributed by atoms with Crippen molar-refractivity contribution in [2.45, 2.75) is 19.0 Å². The quantitative estimate of drug-likeness (QED) is 0.806. The second-order valence-corrected chi connectivity index (χ2v) is 5.73. The maximum absolute atomic E-state index is 14.0. The average Bonchev–Trinajstić information content (AvgIpc) is 2.81. The van der Waals surface area contributed by atoms with Gasteiger partial charge in [-0.05, 0) is 19.1 Å². The Morgan fingerprint density at radius 2 is 2.20 bits per heavy atom. The Bertz CT molecular complexity index is 717. The van der Waals surface area contributed by atoms with E-state index in [0.717, 1.165) is 6.07 Å². The third kappa shape index (κ3) is 1.91. The largest absolute Gasteiger partial charge is 0.339 e. The summed E-state index contributed by atoms with van der Waals surface area (Å²) in [6.07, 6.45) is 1.33. The van der Waals surface area contributed by atoms with E-state index >= 15 is 0 Å². The average molecular weight is 343 g/mol. The van der Waals surface area contributed by atoms with E-state index in [-0.39, 0.29) is 12.1 Å². The highest BCUT2D eigenvalue weighted by Crippen LogP contribution is 2.32. The Labute approximate surface area is 121 Å². The number of halogens is 3. The molecular weight excluding hydrogens is 334 g/mol. The minimum atomic E-state index is -1.10. The summed E-state index contributed by atoms with van der Waals surface area (Å²) in [5.74, 6) is -2.39. The van der Waals surface area contributed by atoms with E-state index in [1.807, 2.05) is 0 Å². The Morgan fingerprint density at radius 3 is 2.95 bits per heavy atom. The maximum Gasteiger partial charge on any atom is 0.271 e. The van der Waals surface area contributed by atoms with Gasteiger partial charge < -0.3 is 5.32 Å². The van der Waals surface area contributed by atoms with Crippen molar-refractivity contribution in [3.63, 3.8) is 0 Å². The molecule has 2 aromatic rings. The molecule has 5 nitrogen and oxygen atoms in total. The van der Waals surface area contributed by atoms with Gasteiger partial charge in [0.2, 0.25) is 0 Å². The summed E-state index contributed by atoms with van der Waals surface area (Å²) in [6, 6.07) is 2.48. The lowest BCUT2D eigenvalue weighted by Gasteiger charge is -2.35. The van der Waals surface area contributed by atoms with E-state index in [1.54, 1.807) is 6.92 Å². The Balaban J connectivity index is 2.13.